The Labute approximate surface area is 120 Å². The Morgan fingerprint density at radius 1 is 1.30 bits per heavy atom. The van der Waals surface area contributed by atoms with Gasteiger partial charge in [0.2, 0.25) is 5.13 Å². The van der Waals surface area contributed by atoms with Crippen molar-refractivity contribution in [2.75, 3.05) is 25.6 Å². The molecule has 3 rings (SSSR count). The van der Waals surface area contributed by atoms with Crippen LogP contribution < -0.4 is 5.32 Å². The van der Waals surface area contributed by atoms with Gasteiger partial charge in [0, 0.05) is 42.3 Å². The van der Waals surface area contributed by atoms with Crippen LogP contribution in [0.5, 0.6) is 0 Å². The predicted octanol–water partition coefficient (Wildman–Crippen LogP) is 2.81. The molecule has 0 spiro atoms. The Balaban J connectivity index is 1.83. The summed E-state index contributed by atoms with van der Waals surface area (Å²) in [5, 5.41) is 5.08. The average molecular weight is 286 g/mol. The second-order valence-electron chi connectivity index (χ2n) is 4.25. The molecule has 20 heavy (non-hydrogen) atoms. The van der Waals surface area contributed by atoms with E-state index < -0.39 is 0 Å². The van der Waals surface area contributed by atoms with Gasteiger partial charge in [-0.1, -0.05) is 6.07 Å². The van der Waals surface area contributed by atoms with Crippen molar-refractivity contribution in [3.05, 3.63) is 36.5 Å². The fraction of sp³-hybridized carbons (Fsp3) is 0.214. The van der Waals surface area contributed by atoms with Gasteiger partial charge in [-0.05, 0) is 24.3 Å². The minimum absolute atomic E-state index is 0.649. The molecule has 0 amide bonds. The molecule has 0 aliphatic heterocycles. The highest BCUT2D eigenvalue weighted by atomic mass is 32.1. The zero-order valence-corrected chi connectivity index (χ0v) is 11.9. The minimum Gasteiger partial charge on any atom is -0.383 e. The van der Waals surface area contributed by atoms with Crippen LogP contribution in [0.1, 0.15) is 0 Å². The normalized spacial score (nSPS) is 10.8. The van der Waals surface area contributed by atoms with Crippen LogP contribution in [0.4, 0.5) is 5.13 Å². The van der Waals surface area contributed by atoms with Crippen LogP contribution >= 0.6 is 11.5 Å². The average Bonchev–Trinajstić information content (AvgIpc) is 2.96. The van der Waals surface area contributed by atoms with E-state index in [-0.39, 0.29) is 0 Å². The second-order valence-corrected chi connectivity index (χ2v) is 5.01. The molecule has 0 atom stereocenters. The molecule has 0 unspecified atom stereocenters. The van der Waals surface area contributed by atoms with Gasteiger partial charge in [0.05, 0.1) is 12.1 Å². The van der Waals surface area contributed by atoms with Crippen molar-refractivity contribution >= 4 is 27.6 Å². The molecule has 3 aromatic rings. The van der Waals surface area contributed by atoms with Crippen LogP contribution in [0.3, 0.4) is 0 Å². The fourth-order valence-electron chi connectivity index (χ4n) is 1.89. The quantitative estimate of drug-likeness (QED) is 0.731. The molecule has 0 saturated carbocycles. The maximum absolute atomic E-state index is 4.99. The topological polar surface area (TPSA) is 59.9 Å². The second kappa shape index (κ2) is 5.94. The first-order valence-electron chi connectivity index (χ1n) is 6.28. The number of nitrogens with one attached hydrogen (secondary N) is 1. The third-order valence-electron chi connectivity index (χ3n) is 2.87. The molecule has 1 aromatic carbocycles. The molecular formula is C14H14N4OS. The number of methoxy groups -OCH3 is 1. The molecule has 2 aromatic heterocycles. The Morgan fingerprint density at radius 3 is 3.15 bits per heavy atom. The molecule has 0 fully saturated rings. The van der Waals surface area contributed by atoms with Crippen LogP contribution in [-0.2, 0) is 4.74 Å². The molecule has 0 aliphatic rings. The molecule has 0 aliphatic carbocycles. The molecule has 6 heteroatoms. The van der Waals surface area contributed by atoms with E-state index in [0.717, 1.165) is 34.0 Å². The van der Waals surface area contributed by atoms with E-state index in [1.807, 2.05) is 24.3 Å². The number of hydrogen-bond acceptors (Lipinski definition) is 6. The first kappa shape index (κ1) is 13.0. The Hall–Kier alpha value is -2.05. The van der Waals surface area contributed by atoms with E-state index in [1.54, 1.807) is 13.3 Å². The molecule has 1 N–H and O–H groups in total. The van der Waals surface area contributed by atoms with Crippen molar-refractivity contribution in [3.63, 3.8) is 0 Å². The zero-order valence-electron chi connectivity index (χ0n) is 11.0. The summed E-state index contributed by atoms with van der Waals surface area (Å²) in [5.74, 6) is 0.737. The van der Waals surface area contributed by atoms with Crippen LogP contribution in [0.15, 0.2) is 36.5 Å². The summed E-state index contributed by atoms with van der Waals surface area (Å²) in [7, 11) is 1.68. The summed E-state index contributed by atoms with van der Waals surface area (Å²) in [4.78, 5) is 8.79. The van der Waals surface area contributed by atoms with Gasteiger partial charge in [-0.25, -0.2) is 0 Å². The first-order chi connectivity index (χ1) is 9.86. The number of fused-ring (bicyclic) bond motifs is 1. The lowest BCUT2D eigenvalue weighted by Crippen LogP contribution is -2.06. The van der Waals surface area contributed by atoms with Crippen molar-refractivity contribution < 1.29 is 4.74 Å². The van der Waals surface area contributed by atoms with Crippen molar-refractivity contribution in [2.45, 2.75) is 0 Å². The summed E-state index contributed by atoms with van der Waals surface area (Å²) >= 11 is 1.36. The molecular weight excluding hydrogens is 272 g/mol. The van der Waals surface area contributed by atoms with E-state index >= 15 is 0 Å². The smallest absolute Gasteiger partial charge is 0.202 e. The van der Waals surface area contributed by atoms with E-state index in [2.05, 4.69) is 25.7 Å². The summed E-state index contributed by atoms with van der Waals surface area (Å²) < 4.78 is 9.37. The number of nitrogens with zero attached hydrogens (tertiary/aromatic N) is 3. The third-order valence-corrected chi connectivity index (χ3v) is 3.54. The maximum atomic E-state index is 4.99. The van der Waals surface area contributed by atoms with E-state index in [9.17, 15) is 0 Å². The SMILES string of the molecule is COCCNc1nc(-c2ccc3ncccc3c2)ns1. The van der Waals surface area contributed by atoms with Crippen LogP contribution in [0, 0.1) is 0 Å². The zero-order chi connectivity index (χ0) is 13.8. The van der Waals surface area contributed by atoms with Crippen molar-refractivity contribution in [2.24, 2.45) is 0 Å². The number of aromatic nitrogens is 3. The van der Waals surface area contributed by atoms with Crippen molar-refractivity contribution in [1.82, 2.24) is 14.3 Å². The molecule has 102 valence electrons. The first-order valence-corrected chi connectivity index (χ1v) is 7.06. The molecule has 0 radical (unpaired) electrons. The van der Waals surface area contributed by atoms with Crippen LogP contribution in [0.2, 0.25) is 0 Å². The highest BCUT2D eigenvalue weighted by molar-refractivity contribution is 7.09. The largest absolute Gasteiger partial charge is 0.383 e. The fourth-order valence-corrected chi connectivity index (χ4v) is 2.50. The summed E-state index contributed by atoms with van der Waals surface area (Å²) in [5.41, 5.74) is 1.98. The lowest BCUT2D eigenvalue weighted by molar-refractivity contribution is 0.211. The predicted molar refractivity (Wildman–Crippen MR) is 81.0 cm³/mol. The van der Waals surface area contributed by atoms with Gasteiger partial charge in [0.1, 0.15) is 0 Å². The van der Waals surface area contributed by atoms with E-state index in [1.165, 1.54) is 11.5 Å². The highest BCUT2D eigenvalue weighted by Gasteiger charge is 2.07. The van der Waals surface area contributed by atoms with Gasteiger partial charge < -0.3 is 10.1 Å². The highest BCUT2D eigenvalue weighted by Crippen LogP contribution is 2.24. The standard InChI is InChI=1S/C14H14N4OS/c1-19-8-7-16-14-17-13(18-20-14)11-4-5-12-10(9-11)3-2-6-15-12/h2-6,9H,7-8H2,1H3,(H,16,17,18). The number of anilines is 1. The molecule has 5 nitrogen and oxygen atoms in total. The molecule has 0 bridgehead atoms. The lowest BCUT2D eigenvalue weighted by atomic mass is 10.1. The van der Waals surface area contributed by atoms with E-state index in [4.69, 9.17) is 4.74 Å². The Morgan fingerprint density at radius 2 is 2.25 bits per heavy atom. The van der Waals surface area contributed by atoms with E-state index in [0.29, 0.717) is 6.61 Å². The van der Waals surface area contributed by atoms with Crippen LogP contribution in [-0.4, -0.2) is 34.6 Å². The van der Waals surface area contributed by atoms with Gasteiger partial charge in [-0.3, -0.25) is 4.98 Å². The van der Waals surface area contributed by atoms with Crippen molar-refractivity contribution in [1.29, 1.82) is 0 Å². The van der Waals surface area contributed by atoms with Gasteiger partial charge in [0.25, 0.3) is 0 Å². The number of pyridine rings is 1. The minimum atomic E-state index is 0.649. The lowest BCUT2D eigenvalue weighted by Gasteiger charge is -2.00. The maximum Gasteiger partial charge on any atom is 0.202 e. The molecule has 2 heterocycles. The Kier molecular flexibility index (Phi) is 3.85. The van der Waals surface area contributed by atoms with Gasteiger partial charge >= 0.3 is 0 Å². The van der Waals surface area contributed by atoms with Gasteiger partial charge in [-0.15, -0.1) is 0 Å². The summed E-state index contributed by atoms with van der Waals surface area (Å²) in [6.07, 6.45) is 1.79. The van der Waals surface area contributed by atoms with Crippen LogP contribution in [0.25, 0.3) is 22.3 Å². The number of benzene rings is 1. The summed E-state index contributed by atoms with van der Waals surface area (Å²) in [6.45, 7) is 1.38. The summed E-state index contributed by atoms with van der Waals surface area (Å²) in [6, 6.07) is 10.0. The van der Waals surface area contributed by atoms with Crippen molar-refractivity contribution in [3.8, 4) is 11.4 Å². The molecule has 0 saturated heterocycles. The third kappa shape index (κ3) is 2.76. The van der Waals surface area contributed by atoms with Gasteiger partial charge in [-0.2, -0.15) is 9.36 Å². The Bertz CT molecular complexity index is 713. The number of hydrogen-bond donors (Lipinski definition) is 1. The van der Waals surface area contributed by atoms with Gasteiger partial charge in [0.15, 0.2) is 5.82 Å². The number of rotatable bonds is 5. The number of ether oxygens (including phenoxy) is 1. The monoisotopic (exact) mass is 286 g/mol.